The van der Waals surface area contributed by atoms with E-state index in [1.165, 1.54) is 36.3 Å². The highest BCUT2D eigenvalue weighted by atomic mass is 16.6. The van der Waals surface area contributed by atoms with Crippen molar-refractivity contribution < 1.29 is 29.1 Å². The minimum Gasteiger partial charge on any atom is -0.507 e. The Morgan fingerprint density at radius 3 is 2.50 bits per heavy atom. The number of amides is 1. The van der Waals surface area contributed by atoms with Crippen molar-refractivity contribution in [1.82, 2.24) is 4.90 Å². The topological polar surface area (TPSA) is 119 Å². The molecule has 2 aromatic carbocycles. The summed E-state index contributed by atoms with van der Waals surface area (Å²) in [7, 11) is 1.47. The normalized spacial score (nSPS) is 17.6. The van der Waals surface area contributed by atoms with Gasteiger partial charge in [0.15, 0.2) is 0 Å². The molecule has 1 aliphatic rings. The van der Waals surface area contributed by atoms with Gasteiger partial charge in [-0.1, -0.05) is 19.1 Å². The molecule has 1 unspecified atom stereocenters. The van der Waals surface area contributed by atoms with Crippen LogP contribution in [0.25, 0.3) is 5.76 Å². The number of nitro groups is 1. The van der Waals surface area contributed by atoms with Gasteiger partial charge < -0.3 is 19.5 Å². The number of carbonyl (C=O) groups excluding carboxylic acids is 2. The first-order valence-electron chi connectivity index (χ1n) is 10.1. The summed E-state index contributed by atoms with van der Waals surface area (Å²) in [5.74, 6) is -1.42. The zero-order valence-corrected chi connectivity index (χ0v) is 17.8. The number of ketones is 1. The molecular formula is C23H24N2O7. The monoisotopic (exact) mass is 440 g/mol. The van der Waals surface area contributed by atoms with E-state index in [4.69, 9.17) is 9.47 Å². The van der Waals surface area contributed by atoms with Gasteiger partial charge in [-0.3, -0.25) is 19.7 Å². The second-order valence-corrected chi connectivity index (χ2v) is 7.21. The minimum atomic E-state index is -0.911. The summed E-state index contributed by atoms with van der Waals surface area (Å²) in [6.07, 6.45) is 0.807. The Morgan fingerprint density at radius 1 is 1.16 bits per heavy atom. The molecule has 32 heavy (non-hydrogen) atoms. The standard InChI is InChI=1S/C23H24N2O7/c1-3-12-32-18-6-4-5-16(14-18)21(26)19-20(15-7-9-17(10-8-15)25(29)30)24(11-13-31-2)23(28)22(19)27/h4-10,14,20,26H,3,11-13H2,1-2H3. The van der Waals surface area contributed by atoms with Gasteiger partial charge in [-0.25, -0.2) is 0 Å². The molecule has 1 heterocycles. The van der Waals surface area contributed by atoms with Crippen molar-refractivity contribution in [3.63, 3.8) is 0 Å². The number of benzene rings is 2. The van der Waals surface area contributed by atoms with Gasteiger partial charge in [0.1, 0.15) is 11.5 Å². The van der Waals surface area contributed by atoms with E-state index in [-0.39, 0.29) is 30.2 Å². The Hall–Kier alpha value is -3.72. The Kier molecular flexibility index (Phi) is 7.21. The molecule has 0 bridgehead atoms. The van der Waals surface area contributed by atoms with Gasteiger partial charge in [0.2, 0.25) is 0 Å². The third-order valence-corrected chi connectivity index (χ3v) is 5.08. The number of ether oxygens (including phenoxy) is 2. The number of aliphatic hydroxyl groups is 1. The number of Topliss-reactive ketones (excluding diaryl/α,β-unsaturated/α-hetero) is 1. The van der Waals surface area contributed by atoms with Crippen LogP contribution in [-0.4, -0.2) is 53.5 Å². The lowest BCUT2D eigenvalue weighted by Crippen LogP contribution is -2.32. The maximum atomic E-state index is 12.9. The Labute approximate surface area is 185 Å². The molecule has 9 nitrogen and oxygen atoms in total. The number of non-ortho nitro benzene ring substituents is 1. The molecule has 1 saturated heterocycles. The van der Waals surface area contributed by atoms with Crippen LogP contribution in [-0.2, 0) is 14.3 Å². The highest BCUT2D eigenvalue weighted by Crippen LogP contribution is 2.40. The fraction of sp³-hybridized carbons (Fsp3) is 0.304. The fourth-order valence-corrected chi connectivity index (χ4v) is 3.53. The Balaban J connectivity index is 2.10. The van der Waals surface area contributed by atoms with E-state index >= 15 is 0 Å². The van der Waals surface area contributed by atoms with Crippen LogP contribution in [0.15, 0.2) is 54.1 Å². The van der Waals surface area contributed by atoms with E-state index in [2.05, 4.69) is 0 Å². The molecule has 9 heteroatoms. The second kappa shape index (κ2) is 10.1. The maximum Gasteiger partial charge on any atom is 0.295 e. The average molecular weight is 440 g/mol. The SMILES string of the molecule is CCCOc1cccc(C(O)=C2C(=O)C(=O)N(CCOC)C2c2ccc([N+](=O)[O-])cc2)c1. The van der Waals surface area contributed by atoms with Crippen molar-refractivity contribution in [2.45, 2.75) is 19.4 Å². The molecule has 0 saturated carbocycles. The van der Waals surface area contributed by atoms with Crippen LogP contribution in [0.1, 0.15) is 30.5 Å². The van der Waals surface area contributed by atoms with E-state index in [9.17, 15) is 24.8 Å². The molecule has 2 aromatic rings. The molecule has 1 atom stereocenters. The highest BCUT2D eigenvalue weighted by molar-refractivity contribution is 6.46. The molecule has 1 fully saturated rings. The quantitative estimate of drug-likeness (QED) is 0.208. The van der Waals surface area contributed by atoms with Crippen LogP contribution < -0.4 is 4.74 Å². The van der Waals surface area contributed by atoms with Crippen LogP contribution in [0.5, 0.6) is 5.75 Å². The molecule has 1 amide bonds. The summed E-state index contributed by atoms with van der Waals surface area (Å²) in [5.41, 5.74) is 0.581. The van der Waals surface area contributed by atoms with Gasteiger partial charge in [-0.15, -0.1) is 0 Å². The van der Waals surface area contributed by atoms with E-state index < -0.39 is 22.7 Å². The third kappa shape index (κ3) is 4.62. The van der Waals surface area contributed by atoms with E-state index in [0.717, 1.165) is 6.42 Å². The number of nitrogens with zero attached hydrogens (tertiary/aromatic N) is 2. The summed E-state index contributed by atoms with van der Waals surface area (Å²) in [6, 6.07) is 11.3. The largest absolute Gasteiger partial charge is 0.507 e. The van der Waals surface area contributed by atoms with Crippen LogP contribution in [0.2, 0.25) is 0 Å². The minimum absolute atomic E-state index is 0.0902. The van der Waals surface area contributed by atoms with Crippen molar-refractivity contribution in [2.24, 2.45) is 0 Å². The molecule has 0 aliphatic carbocycles. The maximum absolute atomic E-state index is 12.9. The van der Waals surface area contributed by atoms with Crippen molar-refractivity contribution in [1.29, 1.82) is 0 Å². The van der Waals surface area contributed by atoms with Gasteiger partial charge in [0, 0.05) is 31.4 Å². The van der Waals surface area contributed by atoms with Gasteiger partial charge in [0.05, 0.1) is 29.8 Å². The van der Waals surface area contributed by atoms with Crippen molar-refractivity contribution >= 4 is 23.1 Å². The molecule has 0 aromatic heterocycles. The number of methoxy groups -OCH3 is 1. The van der Waals surface area contributed by atoms with Gasteiger partial charge in [-0.05, 0) is 36.2 Å². The van der Waals surface area contributed by atoms with E-state index in [1.807, 2.05) is 6.92 Å². The first kappa shape index (κ1) is 23.0. The van der Waals surface area contributed by atoms with Crippen molar-refractivity contribution in [3.8, 4) is 5.75 Å². The summed E-state index contributed by atoms with van der Waals surface area (Å²) in [5, 5.41) is 22.1. The van der Waals surface area contributed by atoms with Gasteiger partial charge in [-0.2, -0.15) is 0 Å². The lowest BCUT2D eigenvalue weighted by Gasteiger charge is -2.25. The predicted molar refractivity (Wildman–Crippen MR) is 116 cm³/mol. The summed E-state index contributed by atoms with van der Waals surface area (Å²) in [6.45, 7) is 2.75. The number of rotatable bonds is 9. The summed E-state index contributed by atoms with van der Waals surface area (Å²) < 4.78 is 10.7. The highest BCUT2D eigenvalue weighted by Gasteiger charge is 2.46. The number of nitro benzene ring substituents is 1. The number of hydrogen-bond donors (Lipinski definition) is 1. The fourth-order valence-electron chi connectivity index (χ4n) is 3.53. The molecule has 1 aliphatic heterocycles. The molecule has 1 N–H and O–H groups in total. The number of aliphatic hydroxyl groups excluding tert-OH is 1. The van der Waals surface area contributed by atoms with Crippen LogP contribution >= 0.6 is 0 Å². The van der Waals surface area contributed by atoms with Crippen LogP contribution in [0, 0.1) is 10.1 Å². The summed E-state index contributed by atoms with van der Waals surface area (Å²) >= 11 is 0. The lowest BCUT2D eigenvalue weighted by molar-refractivity contribution is -0.384. The Morgan fingerprint density at radius 2 is 1.88 bits per heavy atom. The zero-order valence-electron chi connectivity index (χ0n) is 17.8. The molecule has 0 radical (unpaired) electrons. The molecular weight excluding hydrogens is 416 g/mol. The van der Waals surface area contributed by atoms with Gasteiger partial charge in [0.25, 0.3) is 17.4 Å². The molecule has 168 valence electrons. The first-order chi connectivity index (χ1) is 15.4. The average Bonchev–Trinajstić information content (AvgIpc) is 3.05. The predicted octanol–water partition coefficient (Wildman–Crippen LogP) is 3.45. The summed E-state index contributed by atoms with van der Waals surface area (Å²) in [4.78, 5) is 37.5. The van der Waals surface area contributed by atoms with Crippen molar-refractivity contribution in [3.05, 3.63) is 75.3 Å². The first-order valence-corrected chi connectivity index (χ1v) is 10.1. The number of carbonyl (C=O) groups is 2. The molecule has 0 spiro atoms. The number of likely N-dealkylation sites (tertiary alicyclic amines) is 1. The lowest BCUT2D eigenvalue weighted by atomic mass is 9.95. The van der Waals surface area contributed by atoms with Gasteiger partial charge >= 0.3 is 0 Å². The molecule has 3 rings (SSSR count). The van der Waals surface area contributed by atoms with E-state index in [0.29, 0.717) is 23.5 Å². The van der Waals surface area contributed by atoms with Crippen molar-refractivity contribution in [2.75, 3.05) is 26.9 Å². The Bertz CT molecular complexity index is 1050. The van der Waals surface area contributed by atoms with Crippen LogP contribution in [0.4, 0.5) is 5.69 Å². The third-order valence-electron chi connectivity index (χ3n) is 5.08. The smallest absolute Gasteiger partial charge is 0.295 e. The van der Waals surface area contributed by atoms with Crippen LogP contribution in [0.3, 0.4) is 0 Å². The second-order valence-electron chi connectivity index (χ2n) is 7.21. The number of hydrogen-bond acceptors (Lipinski definition) is 7. The zero-order chi connectivity index (χ0) is 23.3. The van der Waals surface area contributed by atoms with E-state index in [1.54, 1.807) is 24.3 Å².